The SMILES string of the molecule is CNC(C(=O)N(C)CC1(c2ccc(Br)cc2)CC1)c1cnn(C)c1. The van der Waals surface area contributed by atoms with Crippen LogP contribution in [0, 0.1) is 0 Å². The monoisotopic (exact) mass is 390 g/mol. The molecule has 1 aliphatic carbocycles. The second-order valence-corrected chi connectivity index (χ2v) is 7.57. The minimum atomic E-state index is -0.357. The van der Waals surface area contributed by atoms with Gasteiger partial charge in [-0.15, -0.1) is 0 Å². The molecule has 1 heterocycles. The zero-order valence-electron chi connectivity index (χ0n) is 14.3. The maximum atomic E-state index is 12.9. The standard InChI is InChI=1S/C18H23BrN4O/c1-20-16(13-10-21-23(3)11-13)17(24)22(2)12-18(8-9-18)14-4-6-15(19)7-5-14/h4-7,10-11,16,20H,8-9,12H2,1-3H3. The first kappa shape index (κ1) is 17.2. The van der Waals surface area contributed by atoms with Crippen LogP contribution in [0.15, 0.2) is 41.1 Å². The predicted molar refractivity (Wildman–Crippen MR) is 97.7 cm³/mol. The highest BCUT2D eigenvalue weighted by molar-refractivity contribution is 9.10. The summed E-state index contributed by atoms with van der Waals surface area (Å²) in [5.74, 6) is 0.0777. The van der Waals surface area contributed by atoms with E-state index in [1.54, 1.807) is 10.9 Å². The molecule has 1 amide bonds. The van der Waals surface area contributed by atoms with Crippen LogP contribution in [0.4, 0.5) is 0 Å². The van der Waals surface area contributed by atoms with E-state index in [0.29, 0.717) is 0 Å². The number of halogens is 1. The van der Waals surface area contributed by atoms with Crippen molar-refractivity contribution < 1.29 is 4.79 Å². The van der Waals surface area contributed by atoms with E-state index in [4.69, 9.17) is 0 Å². The number of hydrogen-bond donors (Lipinski definition) is 1. The van der Waals surface area contributed by atoms with Crippen molar-refractivity contribution in [1.29, 1.82) is 0 Å². The molecule has 3 rings (SSSR count). The second-order valence-electron chi connectivity index (χ2n) is 6.65. The fourth-order valence-corrected chi connectivity index (χ4v) is 3.53. The van der Waals surface area contributed by atoms with Crippen LogP contribution in [0.2, 0.25) is 0 Å². The molecule has 1 saturated carbocycles. The highest BCUT2D eigenvalue weighted by Gasteiger charge is 2.46. The molecule has 0 bridgehead atoms. The van der Waals surface area contributed by atoms with E-state index in [1.807, 2.05) is 32.2 Å². The molecule has 1 atom stereocenters. The van der Waals surface area contributed by atoms with Crippen LogP contribution < -0.4 is 5.32 Å². The van der Waals surface area contributed by atoms with Crippen molar-refractivity contribution in [2.45, 2.75) is 24.3 Å². The number of likely N-dealkylation sites (N-methyl/N-ethyl adjacent to an activating group) is 2. The Balaban J connectivity index is 1.72. The first-order valence-corrected chi connectivity index (χ1v) is 8.91. The van der Waals surface area contributed by atoms with E-state index in [1.165, 1.54) is 5.56 Å². The Morgan fingerprint density at radius 3 is 2.58 bits per heavy atom. The lowest BCUT2D eigenvalue weighted by molar-refractivity contribution is -0.132. The summed E-state index contributed by atoms with van der Waals surface area (Å²) in [5, 5.41) is 7.29. The molecule has 0 radical (unpaired) electrons. The van der Waals surface area contributed by atoms with E-state index in [0.717, 1.165) is 29.4 Å². The van der Waals surface area contributed by atoms with Gasteiger partial charge >= 0.3 is 0 Å². The number of aromatic nitrogens is 2. The van der Waals surface area contributed by atoms with Gasteiger partial charge in [-0.05, 0) is 37.6 Å². The number of benzene rings is 1. The van der Waals surface area contributed by atoms with E-state index >= 15 is 0 Å². The molecule has 1 fully saturated rings. The third kappa shape index (κ3) is 3.39. The average molecular weight is 391 g/mol. The summed E-state index contributed by atoms with van der Waals surface area (Å²) in [7, 11) is 5.56. The molecule has 128 valence electrons. The van der Waals surface area contributed by atoms with Gasteiger partial charge in [-0.1, -0.05) is 28.1 Å². The molecule has 0 saturated heterocycles. The van der Waals surface area contributed by atoms with Gasteiger partial charge in [0.25, 0.3) is 0 Å². The van der Waals surface area contributed by atoms with Gasteiger partial charge < -0.3 is 10.2 Å². The number of amides is 1. The lowest BCUT2D eigenvalue weighted by atomic mass is 9.95. The largest absolute Gasteiger partial charge is 0.343 e. The zero-order valence-corrected chi connectivity index (χ0v) is 15.9. The molecule has 1 aromatic carbocycles. The number of rotatable bonds is 6. The third-order valence-electron chi connectivity index (χ3n) is 4.82. The Hall–Kier alpha value is -1.66. The molecule has 1 aliphatic rings. The van der Waals surface area contributed by atoms with Gasteiger partial charge in [-0.2, -0.15) is 5.10 Å². The molecule has 2 aromatic rings. The van der Waals surface area contributed by atoms with Gasteiger partial charge in [0.15, 0.2) is 0 Å². The van der Waals surface area contributed by atoms with E-state index < -0.39 is 0 Å². The van der Waals surface area contributed by atoms with Gasteiger partial charge in [-0.3, -0.25) is 9.48 Å². The molecule has 1 N–H and O–H groups in total. The normalized spacial score (nSPS) is 16.7. The summed E-state index contributed by atoms with van der Waals surface area (Å²) in [6, 6.07) is 8.11. The van der Waals surface area contributed by atoms with Crippen LogP contribution in [0.25, 0.3) is 0 Å². The fourth-order valence-electron chi connectivity index (χ4n) is 3.27. The molecule has 0 spiro atoms. The van der Waals surface area contributed by atoms with E-state index in [9.17, 15) is 4.79 Å². The Morgan fingerprint density at radius 1 is 1.42 bits per heavy atom. The Bertz CT molecular complexity index is 721. The lowest BCUT2D eigenvalue weighted by Gasteiger charge is -2.27. The number of carbonyl (C=O) groups excluding carboxylic acids is 1. The molecule has 1 unspecified atom stereocenters. The van der Waals surface area contributed by atoms with Crippen molar-refractivity contribution in [3.8, 4) is 0 Å². The molecular formula is C18H23BrN4O. The predicted octanol–water partition coefficient (Wildman–Crippen LogP) is 2.63. The molecule has 6 heteroatoms. The third-order valence-corrected chi connectivity index (χ3v) is 5.35. The molecule has 5 nitrogen and oxygen atoms in total. The van der Waals surface area contributed by atoms with Crippen LogP contribution in [0.5, 0.6) is 0 Å². The maximum absolute atomic E-state index is 12.9. The summed E-state index contributed by atoms with van der Waals surface area (Å²) in [6.07, 6.45) is 5.88. The number of nitrogens with one attached hydrogen (secondary N) is 1. The van der Waals surface area contributed by atoms with Crippen LogP contribution in [-0.4, -0.2) is 41.2 Å². The summed E-state index contributed by atoms with van der Waals surface area (Å²) in [5.41, 5.74) is 2.32. The van der Waals surface area contributed by atoms with Crippen LogP contribution >= 0.6 is 15.9 Å². The second kappa shape index (κ2) is 6.69. The molecule has 1 aromatic heterocycles. The van der Waals surface area contributed by atoms with Crippen LogP contribution in [-0.2, 0) is 17.3 Å². The first-order chi connectivity index (χ1) is 11.4. The smallest absolute Gasteiger partial charge is 0.244 e. The van der Waals surface area contributed by atoms with E-state index in [-0.39, 0.29) is 17.4 Å². The first-order valence-electron chi connectivity index (χ1n) is 8.12. The van der Waals surface area contributed by atoms with Crippen molar-refractivity contribution >= 4 is 21.8 Å². The Morgan fingerprint density at radius 2 is 2.08 bits per heavy atom. The van der Waals surface area contributed by atoms with E-state index in [2.05, 4.69) is 50.6 Å². The maximum Gasteiger partial charge on any atom is 0.244 e. The van der Waals surface area contributed by atoms with Crippen LogP contribution in [0.1, 0.15) is 30.0 Å². The quantitative estimate of drug-likeness (QED) is 0.824. The number of carbonyl (C=O) groups is 1. The van der Waals surface area contributed by atoms with Crippen molar-refractivity contribution in [1.82, 2.24) is 20.0 Å². The summed E-state index contributed by atoms with van der Waals surface area (Å²) >= 11 is 3.48. The summed E-state index contributed by atoms with van der Waals surface area (Å²) < 4.78 is 2.80. The topological polar surface area (TPSA) is 50.2 Å². The highest BCUT2D eigenvalue weighted by Crippen LogP contribution is 2.49. The van der Waals surface area contributed by atoms with Gasteiger partial charge in [0.1, 0.15) is 6.04 Å². The summed E-state index contributed by atoms with van der Waals surface area (Å²) in [6.45, 7) is 0.742. The average Bonchev–Trinajstić information content (AvgIpc) is 3.22. The molecule has 0 aliphatic heterocycles. The minimum absolute atomic E-state index is 0.0777. The van der Waals surface area contributed by atoms with Gasteiger partial charge in [0.2, 0.25) is 5.91 Å². The summed E-state index contributed by atoms with van der Waals surface area (Å²) in [4.78, 5) is 14.7. The Labute approximate surface area is 151 Å². The van der Waals surface area contributed by atoms with Crippen molar-refractivity contribution in [2.75, 3.05) is 20.6 Å². The molecular weight excluding hydrogens is 368 g/mol. The van der Waals surface area contributed by atoms with Crippen molar-refractivity contribution in [3.05, 3.63) is 52.3 Å². The fraction of sp³-hybridized carbons (Fsp3) is 0.444. The van der Waals surface area contributed by atoms with Gasteiger partial charge in [0, 0.05) is 42.3 Å². The van der Waals surface area contributed by atoms with Gasteiger partial charge in [0.05, 0.1) is 6.20 Å². The number of aryl methyl sites for hydroxylation is 1. The zero-order chi connectivity index (χ0) is 17.3. The number of nitrogens with zero attached hydrogens (tertiary/aromatic N) is 3. The van der Waals surface area contributed by atoms with Crippen molar-refractivity contribution in [3.63, 3.8) is 0 Å². The minimum Gasteiger partial charge on any atom is -0.343 e. The molecule has 24 heavy (non-hydrogen) atoms. The van der Waals surface area contributed by atoms with Crippen LogP contribution in [0.3, 0.4) is 0 Å². The van der Waals surface area contributed by atoms with Gasteiger partial charge in [-0.25, -0.2) is 0 Å². The lowest BCUT2D eigenvalue weighted by Crippen LogP contribution is -2.41. The Kier molecular flexibility index (Phi) is 4.78. The number of hydrogen-bond acceptors (Lipinski definition) is 3. The van der Waals surface area contributed by atoms with Crippen molar-refractivity contribution in [2.24, 2.45) is 7.05 Å². The highest BCUT2D eigenvalue weighted by atomic mass is 79.9.